The lowest BCUT2D eigenvalue weighted by Crippen LogP contribution is -2.21. The molecule has 0 amide bonds. The Hall–Kier alpha value is -1.27. The van der Waals surface area contributed by atoms with Gasteiger partial charge in [-0.25, -0.2) is 0 Å². The minimum absolute atomic E-state index is 0.460. The smallest absolute Gasteiger partial charge is 0.391 e. The third-order valence-electron chi connectivity index (χ3n) is 2.67. The lowest BCUT2D eigenvalue weighted by atomic mass is 10.1. The number of halogens is 3. The summed E-state index contributed by atoms with van der Waals surface area (Å²) in [6, 6.07) is 6.63. The van der Waals surface area contributed by atoms with Gasteiger partial charge in [0.1, 0.15) is 11.9 Å². The monoisotopic (exact) mass is 278 g/mol. The SMILES string of the molecule is COc1ccc(C(O)C(C)OCCC(F)(F)F)cc1. The number of alkyl halides is 3. The van der Waals surface area contributed by atoms with E-state index in [2.05, 4.69) is 0 Å². The topological polar surface area (TPSA) is 38.7 Å². The summed E-state index contributed by atoms with van der Waals surface area (Å²) in [5.74, 6) is 0.640. The van der Waals surface area contributed by atoms with Gasteiger partial charge in [-0.15, -0.1) is 0 Å². The number of aliphatic hydroxyl groups excluding tert-OH is 1. The van der Waals surface area contributed by atoms with E-state index in [0.717, 1.165) is 0 Å². The zero-order valence-corrected chi connectivity index (χ0v) is 10.8. The summed E-state index contributed by atoms with van der Waals surface area (Å²) in [7, 11) is 1.52. The maximum Gasteiger partial charge on any atom is 0.391 e. The zero-order valence-electron chi connectivity index (χ0n) is 10.8. The Labute approximate surface area is 110 Å². The van der Waals surface area contributed by atoms with Crippen LogP contribution >= 0.6 is 0 Å². The minimum Gasteiger partial charge on any atom is -0.497 e. The molecule has 1 aromatic rings. The van der Waals surface area contributed by atoms with Crippen LogP contribution in [0.4, 0.5) is 13.2 Å². The van der Waals surface area contributed by atoms with Crippen molar-refractivity contribution in [3.8, 4) is 5.75 Å². The highest BCUT2D eigenvalue weighted by Crippen LogP contribution is 2.24. The van der Waals surface area contributed by atoms with E-state index in [1.807, 2.05) is 0 Å². The Bertz CT molecular complexity index is 376. The summed E-state index contributed by atoms with van der Waals surface area (Å²) in [6.07, 6.45) is -6.95. The van der Waals surface area contributed by atoms with E-state index >= 15 is 0 Å². The highest BCUT2D eigenvalue weighted by atomic mass is 19.4. The van der Waals surface area contributed by atoms with Gasteiger partial charge in [-0.2, -0.15) is 13.2 Å². The van der Waals surface area contributed by atoms with Gasteiger partial charge in [0.15, 0.2) is 0 Å². The number of hydrogen-bond donors (Lipinski definition) is 1. The summed E-state index contributed by atoms with van der Waals surface area (Å²) in [5, 5.41) is 9.93. The first kappa shape index (κ1) is 15.8. The van der Waals surface area contributed by atoms with Gasteiger partial charge in [-0.1, -0.05) is 12.1 Å². The molecule has 19 heavy (non-hydrogen) atoms. The fraction of sp³-hybridized carbons (Fsp3) is 0.538. The quantitative estimate of drug-likeness (QED) is 0.869. The Balaban J connectivity index is 2.49. The molecule has 0 saturated heterocycles. The average Bonchev–Trinajstić information content (AvgIpc) is 2.36. The Morgan fingerprint density at radius 1 is 1.21 bits per heavy atom. The van der Waals surface area contributed by atoms with E-state index in [1.165, 1.54) is 14.0 Å². The number of hydrogen-bond acceptors (Lipinski definition) is 3. The number of ether oxygens (including phenoxy) is 2. The first-order valence-electron chi connectivity index (χ1n) is 5.84. The second-order valence-corrected chi connectivity index (χ2v) is 4.16. The molecule has 2 unspecified atom stereocenters. The van der Waals surface area contributed by atoms with E-state index in [1.54, 1.807) is 24.3 Å². The van der Waals surface area contributed by atoms with Crippen molar-refractivity contribution in [2.24, 2.45) is 0 Å². The van der Waals surface area contributed by atoms with Gasteiger partial charge in [0.25, 0.3) is 0 Å². The number of benzene rings is 1. The molecule has 0 aliphatic carbocycles. The van der Waals surface area contributed by atoms with Crippen LogP contribution < -0.4 is 4.74 Å². The summed E-state index contributed by atoms with van der Waals surface area (Å²) in [5.41, 5.74) is 0.570. The van der Waals surface area contributed by atoms with Gasteiger partial charge in [-0.05, 0) is 24.6 Å². The molecular formula is C13H17F3O3. The molecule has 2 atom stereocenters. The van der Waals surface area contributed by atoms with Crippen molar-refractivity contribution in [1.82, 2.24) is 0 Å². The molecule has 1 aromatic carbocycles. The van der Waals surface area contributed by atoms with E-state index in [9.17, 15) is 18.3 Å². The number of methoxy groups -OCH3 is 1. The molecule has 0 spiro atoms. The highest BCUT2D eigenvalue weighted by molar-refractivity contribution is 5.28. The Kier molecular flexibility index (Phi) is 5.62. The lowest BCUT2D eigenvalue weighted by Gasteiger charge is -2.20. The van der Waals surface area contributed by atoms with Gasteiger partial charge >= 0.3 is 6.18 Å². The number of aliphatic hydroxyl groups is 1. The first-order valence-corrected chi connectivity index (χ1v) is 5.84. The van der Waals surface area contributed by atoms with Crippen LogP contribution in [-0.4, -0.2) is 31.1 Å². The van der Waals surface area contributed by atoms with E-state index in [0.29, 0.717) is 11.3 Å². The maximum absolute atomic E-state index is 12.0. The molecule has 0 aliphatic heterocycles. The molecule has 0 aromatic heterocycles. The molecule has 3 nitrogen and oxygen atoms in total. The van der Waals surface area contributed by atoms with Crippen molar-refractivity contribution in [1.29, 1.82) is 0 Å². The molecular weight excluding hydrogens is 261 g/mol. The molecule has 1 rings (SSSR count). The van der Waals surface area contributed by atoms with E-state index in [4.69, 9.17) is 9.47 Å². The molecule has 0 bridgehead atoms. The standard InChI is InChI=1S/C13H17F3O3/c1-9(19-8-7-13(14,15)16)12(17)10-3-5-11(18-2)6-4-10/h3-6,9,12,17H,7-8H2,1-2H3. The molecule has 0 aliphatic rings. The summed E-state index contributed by atoms with van der Waals surface area (Å²) in [6.45, 7) is 1.07. The molecule has 0 fully saturated rings. The van der Waals surface area contributed by atoms with Crippen LogP contribution in [0.3, 0.4) is 0 Å². The van der Waals surface area contributed by atoms with Crippen molar-refractivity contribution in [3.63, 3.8) is 0 Å². The van der Waals surface area contributed by atoms with Crippen molar-refractivity contribution in [2.75, 3.05) is 13.7 Å². The molecule has 0 heterocycles. The van der Waals surface area contributed by atoms with Crippen LogP contribution in [0.1, 0.15) is 25.0 Å². The predicted octanol–water partition coefficient (Wildman–Crippen LogP) is 3.09. The molecule has 0 saturated carbocycles. The van der Waals surface area contributed by atoms with Gasteiger partial charge in [0.05, 0.1) is 26.2 Å². The molecule has 1 N–H and O–H groups in total. The van der Waals surface area contributed by atoms with Crippen LogP contribution in [0.2, 0.25) is 0 Å². The van der Waals surface area contributed by atoms with Crippen molar-refractivity contribution in [2.45, 2.75) is 31.7 Å². The van der Waals surface area contributed by atoms with Gasteiger partial charge in [-0.3, -0.25) is 0 Å². The van der Waals surface area contributed by atoms with E-state index < -0.39 is 31.4 Å². The first-order chi connectivity index (χ1) is 8.83. The summed E-state index contributed by atoms with van der Waals surface area (Å²) < 4.78 is 45.8. The second-order valence-electron chi connectivity index (χ2n) is 4.16. The van der Waals surface area contributed by atoms with Gasteiger partial charge < -0.3 is 14.6 Å². The molecule has 6 heteroatoms. The fourth-order valence-electron chi connectivity index (χ4n) is 1.52. The molecule has 108 valence electrons. The summed E-state index contributed by atoms with van der Waals surface area (Å²) in [4.78, 5) is 0. The minimum atomic E-state index is -4.25. The normalized spacial score (nSPS) is 15.1. The zero-order chi connectivity index (χ0) is 14.5. The Morgan fingerprint density at radius 2 is 1.79 bits per heavy atom. The fourth-order valence-corrected chi connectivity index (χ4v) is 1.52. The Morgan fingerprint density at radius 3 is 2.26 bits per heavy atom. The van der Waals surface area contributed by atoms with Crippen LogP contribution in [0, 0.1) is 0 Å². The van der Waals surface area contributed by atoms with Crippen LogP contribution in [0.5, 0.6) is 5.75 Å². The molecule has 0 radical (unpaired) electrons. The van der Waals surface area contributed by atoms with Crippen LogP contribution in [-0.2, 0) is 4.74 Å². The largest absolute Gasteiger partial charge is 0.497 e. The van der Waals surface area contributed by atoms with Crippen molar-refractivity contribution in [3.05, 3.63) is 29.8 Å². The maximum atomic E-state index is 12.0. The second kappa shape index (κ2) is 6.77. The van der Waals surface area contributed by atoms with Crippen molar-refractivity contribution < 1.29 is 27.8 Å². The van der Waals surface area contributed by atoms with Crippen LogP contribution in [0.15, 0.2) is 24.3 Å². The highest BCUT2D eigenvalue weighted by Gasteiger charge is 2.27. The third kappa shape index (κ3) is 5.48. The lowest BCUT2D eigenvalue weighted by molar-refractivity contribution is -0.153. The van der Waals surface area contributed by atoms with Crippen molar-refractivity contribution >= 4 is 0 Å². The van der Waals surface area contributed by atoms with Gasteiger partial charge in [0, 0.05) is 0 Å². The predicted molar refractivity (Wildman–Crippen MR) is 64.0 cm³/mol. The van der Waals surface area contributed by atoms with E-state index in [-0.39, 0.29) is 0 Å². The summed E-state index contributed by atoms with van der Waals surface area (Å²) >= 11 is 0. The van der Waals surface area contributed by atoms with Gasteiger partial charge in [0.2, 0.25) is 0 Å². The third-order valence-corrected chi connectivity index (χ3v) is 2.67. The van der Waals surface area contributed by atoms with Crippen LogP contribution in [0.25, 0.3) is 0 Å². The average molecular weight is 278 g/mol. The number of rotatable bonds is 6.